The number of hydrogen-bond donors (Lipinski definition) is 0. The summed E-state index contributed by atoms with van der Waals surface area (Å²) in [5.41, 5.74) is 2.18. The summed E-state index contributed by atoms with van der Waals surface area (Å²) in [4.78, 5) is 16.4. The molecule has 3 aromatic heterocycles. The molecule has 0 unspecified atom stereocenters. The molecule has 4 aromatic rings. The summed E-state index contributed by atoms with van der Waals surface area (Å²) in [5, 5.41) is 5.77. The first kappa shape index (κ1) is 11.8. The number of aromatic nitrogens is 3. The Morgan fingerprint density at radius 1 is 1.10 bits per heavy atom. The van der Waals surface area contributed by atoms with Crippen molar-refractivity contribution >= 4 is 22.0 Å². The maximum atomic E-state index is 12.3. The van der Waals surface area contributed by atoms with Gasteiger partial charge >= 0.3 is 5.63 Å². The van der Waals surface area contributed by atoms with E-state index >= 15 is 0 Å². The molecule has 5 heteroatoms. The number of benzene rings is 1. The second-order valence-electron chi connectivity index (χ2n) is 4.81. The molecule has 0 radical (unpaired) electrons. The van der Waals surface area contributed by atoms with Gasteiger partial charge in [-0.25, -0.2) is 9.78 Å². The van der Waals surface area contributed by atoms with Crippen molar-refractivity contribution in [2.45, 2.75) is 0 Å². The van der Waals surface area contributed by atoms with Crippen LogP contribution in [0.25, 0.3) is 33.3 Å². The lowest BCUT2D eigenvalue weighted by Crippen LogP contribution is -2.01. The predicted molar refractivity (Wildman–Crippen MR) is 80.0 cm³/mol. The number of aryl methyl sites for hydroxylation is 1. The molecule has 0 amide bonds. The minimum absolute atomic E-state index is 0.331. The van der Waals surface area contributed by atoms with Crippen molar-refractivity contribution < 1.29 is 4.42 Å². The summed E-state index contributed by atoms with van der Waals surface area (Å²) >= 11 is 0. The van der Waals surface area contributed by atoms with Crippen LogP contribution in [0.1, 0.15) is 0 Å². The molecule has 0 saturated carbocycles. The summed E-state index contributed by atoms with van der Waals surface area (Å²) < 4.78 is 7.04. The normalized spacial score (nSPS) is 11.3. The van der Waals surface area contributed by atoms with Crippen LogP contribution < -0.4 is 5.63 Å². The Balaban J connectivity index is 2.22. The van der Waals surface area contributed by atoms with Gasteiger partial charge in [-0.05, 0) is 12.1 Å². The number of nitrogens with zero attached hydrogens (tertiary/aromatic N) is 3. The van der Waals surface area contributed by atoms with Crippen molar-refractivity contribution in [2.75, 3.05) is 0 Å². The fraction of sp³-hybridized carbons (Fsp3) is 0.0625. The van der Waals surface area contributed by atoms with E-state index in [0.717, 1.165) is 16.5 Å². The zero-order chi connectivity index (χ0) is 14.4. The molecule has 3 heterocycles. The van der Waals surface area contributed by atoms with Crippen LogP contribution in [-0.2, 0) is 7.05 Å². The summed E-state index contributed by atoms with van der Waals surface area (Å²) in [6.45, 7) is 0. The highest BCUT2D eigenvalue weighted by Gasteiger charge is 2.18. The Bertz CT molecular complexity index is 1020. The average Bonchev–Trinajstić information content (AvgIpc) is 2.87. The number of pyridine rings is 1. The number of fused-ring (bicyclic) bond motifs is 3. The van der Waals surface area contributed by atoms with E-state index < -0.39 is 5.63 Å². The zero-order valence-electron chi connectivity index (χ0n) is 11.3. The van der Waals surface area contributed by atoms with Gasteiger partial charge in [0.15, 0.2) is 0 Å². The first-order valence-electron chi connectivity index (χ1n) is 6.55. The van der Waals surface area contributed by atoms with E-state index in [1.807, 2.05) is 49.5 Å². The van der Waals surface area contributed by atoms with E-state index in [-0.39, 0.29) is 0 Å². The largest absolute Gasteiger partial charge is 0.403 e. The van der Waals surface area contributed by atoms with Crippen molar-refractivity contribution in [1.82, 2.24) is 14.8 Å². The van der Waals surface area contributed by atoms with Gasteiger partial charge in [0, 0.05) is 18.8 Å². The van der Waals surface area contributed by atoms with E-state index in [1.165, 1.54) is 0 Å². The maximum Gasteiger partial charge on any atom is 0.349 e. The van der Waals surface area contributed by atoms with Crippen LogP contribution in [0, 0.1) is 0 Å². The minimum atomic E-state index is -0.414. The van der Waals surface area contributed by atoms with Gasteiger partial charge < -0.3 is 4.42 Å². The molecule has 0 aliphatic heterocycles. The van der Waals surface area contributed by atoms with E-state index in [4.69, 9.17) is 4.42 Å². The van der Waals surface area contributed by atoms with Gasteiger partial charge in [-0.1, -0.05) is 30.3 Å². The van der Waals surface area contributed by atoms with E-state index in [1.54, 1.807) is 10.9 Å². The molecule has 0 bridgehead atoms. The molecule has 5 nitrogen and oxygen atoms in total. The predicted octanol–water partition coefficient (Wildman–Crippen LogP) is 2.74. The van der Waals surface area contributed by atoms with Crippen molar-refractivity contribution in [3.05, 3.63) is 59.1 Å². The SMILES string of the molecule is Cn1nc(-c2ccccc2)c2c(=O)oc3ncccc3c21. The van der Waals surface area contributed by atoms with Crippen LogP contribution in [0.5, 0.6) is 0 Å². The van der Waals surface area contributed by atoms with Crippen LogP contribution in [0.3, 0.4) is 0 Å². The van der Waals surface area contributed by atoms with Gasteiger partial charge in [-0.15, -0.1) is 0 Å². The molecule has 0 fully saturated rings. The Morgan fingerprint density at radius 3 is 2.71 bits per heavy atom. The van der Waals surface area contributed by atoms with Gasteiger partial charge in [0.2, 0.25) is 5.71 Å². The fourth-order valence-corrected chi connectivity index (χ4v) is 2.62. The van der Waals surface area contributed by atoms with Gasteiger partial charge in [-0.3, -0.25) is 4.68 Å². The molecule has 0 spiro atoms. The van der Waals surface area contributed by atoms with E-state index in [0.29, 0.717) is 16.8 Å². The highest BCUT2D eigenvalue weighted by Crippen LogP contribution is 2.29. The molecule has 102 valence electrons. The van der Waals surface area contributed by atoms with Crippen molar-refractivity contribution in [3.63, 3.8) is 0 Å². The highest BCUT2D eigenvalue weighted by molar-refractivity contribution is 6.06. The molecule has 0 aliphatic rings. The second kappa shape index (κ2) is 4.28. The quantitative estimate of drug-likeness (QED) is 0.536. The standard InChI is InChI=1S/C16H11N3O2/c1-19-14-11-8-5-9-17-15(11)21-16(20)12(14)13(18-19)10-6-3-2-4-7-10/h2-9H,1H3. The van der Waals surface area contributed by atoms with Crippen molar-refractivity contribution in [1.29, 1.82) is 0 Å². The van der Waals surface area contributed by atoms with Crippen LogP contribution in [0.4, 0.5) is 0 Å². The minimum Gasteiger partial charge on any atom is -0.403 e. The third-order valence-electron chi connectivity index (χ3n) is 3.51. The molecular formula is C16H11N3O2. The zero-order valence-corrected chi connectivity index (χ0v) is 11.3. The monoisotopic (exact) mass is 277 g/mol. The van der Waals surface area contributed by atoms with Gasteiger partial charge in [0.1, 0.15) is 11.1 Å². The van der Waals surface area contributed by atoms with Crippen LogP contribution in [-0.4, -0.2) is 14.8 Å². The lowest BCUT2D eigenvalue weighted by molar-refractivity contribution is 0.558. The first-order chi connectivity index (χ1) is 10.3. The Labute approximate surface area is 119 Å². The van der Waals surface area contributed by atoms with E-state index in [9.17, 15) is 4.79 Å². The Morgan fingerprint density at radius 2 is 1.90 bits per heavy atom. The lowest BCUT2D eigenvalue weighted by Gasteiger charge is -1.99. The van der Waals surface area contributed by atoms with Crippen molar-refractivity contribution in [3.8, 4) is 11.3 Å². The number of rotatable bonds is 1. The molecule has 0 saturated heterocycles. The Hall–Kier alpha value is -2.95. The van der Waals surface area contributed by atoms with Crippen molar-refractivity contribution in [2.24, 2.45) is 7.05 Å². The third-order valence-corrected chi connectivity index (χ3v) is 3.51. The van der Waals surface area contributed by atoms with Gasteiger partial charge in [-0.2, -0.15) is 5.10 Å². The molecule has 4 rings (SSSR count). The summed E-state index contributed by atoms with van der Waals surface area (Å²) in [7, 11) is 1.82. The summed E-state index contributed by atoms with van der Waals surface area (Å²) in [5.74, 6) is 0. The Kier molecular flexibility index (Phi) is 2.41. The molecule has 1 aromatic carbocycles. The molecule has 21 heavy (non-hydrogen) atoms. The first-order valence-corrected chi connectivity index (χ1v) is 6.55. The maximum absolute atomic E-state index is 12.3. The smallest absolute Gasteiger partial charge is 0.349 e. The fourth-order valence-electron chi connectivity index (χ4n) is 2.62. The molecule has 0 N–H and O–H groups in total. The third kappa shape index (κ3) is 1.67. The van der Waals surface area contributed by atoms with Crippen LogP contribution in [0.15, 0.2) is 57.9 Å². The highest BCUT2D eigenvalue weighted by atomic mass is 16.4. The topological polar surface area (TPSA) is 60.9 Å². The van der Waals surface area contributed by atoms with Crippen LogP contribution in [0.2, 0.25) is 0 Å². The van der Waals surface area contributed by atoms with E-state index in [2.05, 4.69) is 10.1 Å². The number of hydrogen-bond acceptors (Lipinski definition) is 4. The van der Waals surface area contributed by atoms with Gasteiger partial charge in [0.05, 0.1) is 10.9 Å². The second-order valence-corrected chi connectivity index (χ2v) is 4.81. The molecule has 0 aliphatic carbocycles. The van der Waals surface area contributed by atoms with Gasteiger partial charge in [0.25, 0.3) is 0 Å². The summed E-state index contributed by atoms with van der Waals surface area (Å²) in [6.07, 6.45) is 1.60. The lowest BCUT2D eigenvalue weighted by atomic mass is 10.1. The molecule has 0 atom stereocenters. The van der Waals surface area contributed by atoms with Crippen LogP contribution >= 0.6 is 0 Å². The average molecular weight is 277 g/mol. The molecular weight excluding hydrogens is 266 g/mol. The summed E-state index contributed by atoms with van der Waals surface area (Å²) in [6, 6.07) is 13.3.